The van der Waals surface area contributed by atoms with E-state index in [9.17, 15) is 20.1 Å². The van der Waals surface area contributed by atoms with Crippen molar-refractivity contribution in [3.63, 3.8) is 0 Å². The Morgan fingerprint density at radius 2 is 0.842 bits per heavy atom. The number of unbranched alkanes of at least 4 members (excludes halogenated alkanes) is 30. The van der Waals surface area contributed by atoms with Gasteiger partial charge >= 0.3 is 0 Å². The van der Waals surface area contributed by atoms with E-state index in [1.54, 1.807) is 0 Å². The van der Waals surface area contributed by atoms with E-state index in [1.165, 1.54) is 173 Å². The van der Waals surface area contributed by atoms with Gasteiger partial charge in [-0.3, -0.25) is 4.79 Å². The molecule has 0 saturated carbocycles. The molecule has 0 aromatic carbocycles. The van der Waals surface area contributed by atoms with E-state index >= 15 is 0 Å². The third kappa shape index (κ3) is 42.2. The van der Waals surface area contributed by atoms with Crippen molar-refractivity contribution < 1.29 is 20.1 Å². The molecule has 0 saturated heterocycles. The maximum Gasteiger partial charge on any atom is 0.220 e. The molecule has 57 heavy (non-hydrogen) atoms. The van der Waals surface area contributed by atoms with Crippen molar-refractivity contribution in [3.8, 4) is 0 Å². The SMILES string of the molecule is C/C=C/CC/C=C/CCCC(O)C(O)C(CO)NC(=O)CCCCCCCCCCCCCCCCCCC/C=C\C/C=C\CCCCCCCCCCCCC. The molecule has 0 aliphatic carbocycles. The summed E-state index contributed by atoms with van der Waals surface area (Å²) in [5.74, 6) is -0.161. The number of aliphatic hydroxyl groups excluding tert-OH is 3. The molecule has 1 amide bonds. The molecular weight excluding hydrogens is 703 g/mol. The average molecular weight is 800 g/mol. The topological polar surface area (TPSA) is 89.8 Å². The molecule has 0 bridgehead atoms. The Hall–Kier alpha value is -1.69. The van der Waals surface area contributed by atoms with Crippen LogP contribution in [-0.2, 0) is 4.79 Å². The lowest BCUT2D eigenvalue weighted by atomic mass is 10.0. The zero-order valence-corrected chi connectivity index (χ0v) is 38.0. The van der Waals surface area contributed by atoms with Crippen LogP contribution < -0.4 is 5.32 Å². The lowest BCUT2D eigenvalue weighted by Gasteiger charge is -2.26. The first-order valence-electron chi connectivity index (χ1n) is 24.9. The summed E-state index contributed by atoms with van der Waals surface area (Å²) in [5, 5.41) is 33.3. The second kappa shape index (κ2) is 47.0. The van der Waals surface area contributed by atoms with Crippen LogP contribution >= 0.6 is 0 Å². The van der Waals surface area contributed by atoms with Crippen LogP contribution in [0.25, 0.3) is 0 Å². The molecule has 5 nitrogen and oxygen atoms in total. The fourth-order valence-electron chi connectivity index (χ4n) is 7.63. The predicted molar refractivity (Wildman–Crippen MR) is 250 cm³/mol. The summed E-state index contributed by atoms with van der Waals surface area (Å²) in [6, 6.07) is -0.830. The molecule has 0 aliphatic heterocycles. The number of allylic oxidation sites excluding steroid dienone is 8. The van der Waals surface area contributed by atoms with Gasteiger partial charge in [0.15, 0.2) is 0 Å². The Balaban J connectivity index is 3.45. The molecule has 4 N–H and O–H groups in total. The first-order valence-corrected chi connectivity index (χ1v) is 24.9. The molecule has 334 valence electrons. The van der Waals surface area contributed by atoms with Crippen LogP contribution in [-0.4, -0.2) is 46.1 Å². The normalized spacial score (nSPS) is 13.8. The van der Waals surface area contributed by atoms with Gasteiger partial charge in [-0.05, 0) is 77.6 Å². The minimum absolute atomic E-state index is 0.161. The highest BCUT2D eigenvalue weighted by atomic mass is 16.3. The molecule has 0 spiro atoms. The third-order valence-electron chi connectivity index (χ3n) is 11.5. The Bertz CT molecular complexity index is 927. The third-order valence-corrected chi connectivity index (χ3v) is 11.5. The van der Waals surface area contributed by atoms with Crippen LogP contribution in [0.4, 0.5) is 0 Å². The van der Waals surface area contributed by atoms with Gasteiger partial charge in [0.05, 0.1) is 18.8 Å². The largest absolute Gasteiger partial charge is 0.394 e. The van der Waals surface area contributed by atoms with Crippen LogP contribution in [0.1, 0.15) is 251 Å². The molecule has 0 heterocycles. The van der Waals surface area contributed by atoms with Gasteiger partial charge in [-0.15, -0.1) is 0 Å². The Morgan fingerprint density at radius 1 is 0.474 bits per heavy atom. The van der Waals surface area contributed by atoms with E-state index in [-0.39, 0.29) is 12.5 Å². The van der Waals surface area contributed by atoms with Gasteiger partial charge in [0, 0.05) is 6.42 Å². The van der Waals surface area contributed by atoms with Gasteiger partial charge in [-0.25, -0.2) is 0 Å². The summed E-state index contributed by atoms with van der Waals surface area (Å²) in [5.41, 5.74) is 0. The predicted octanol–water partition coefficient (Wildman–Crippen LogP) is 14.9. The van der Waals surface area contributed by atoms with Gasteiger partial charge < -0.3 is 20.6 Å². The standard InChI is InChI=1S/C52H97NO4/c1-3-5-7-9-11-13-14-15-16-17-18-19-20-21-22-23-24-25-26-27-28-29-30-31-32-33-34-35-36-37-38-39-41-43-45-47-51(56)53-49(48-54)52(57)50(55)46-44-42-40-12-10-8-6-4-2/h4,6,12,20-21,23-24,40,49-50,52,54-55,57H,3,5,7-11,13-19,22,25-39,41-48H2,1-2H3,(H,53,56)/b6-4+,21-20-,24-23-,40-12+. The molecular formula is C52H97NO4. The van der Waals surface area contributed by atoms with Crippen molar-refractivity contribution in [2.75, 3.05) is 6.61 Å². The molecule has 3 atom stereocenters. The Morgan fingerprint density at radius 3 is 1.28 bits per heavy atom. The van der Waals surface area contributed by atoms with Gasteiger partial charge in [0.1, 0.15) is 6.10 Å². The fourth-order valence-corrected chi connectivity index (χ4v) is 7.63. The Kier molecular flexibility index (Phi) is 45.6. The number of amides is 1. The number of carbonyl (C=O) groups is 1. The van der Waals surface area contributed by atoms with Crippen LogP contribution in [0.15, 0.2) is 48.6 Å². The van der Waals surface area contributed by atoms with Crippen LogP contribution in [0, 0.1) is 0 Å². The number of hydrogen-bond acceptors (Lipinski definition) is 4. The molecule has 0 aromatic rings. The van der Waals surface area contributed by atoms with E-state index in [1.807, 2.05) is 13.0 Å². The van der Waals surface area contributed by atoms with E-state index in [0.29, 0.717) is 12.8 Å². The van der Waals surface area contributed by atoms with Crippen LogP contribution in [0.5, 0.6) is 0 Å². The molecule has 0 aliphatic rings. The number of aliphatic hydroxyl groups is 3. The van der Waals surface area contributed by atoms with E-state index in [0.717, 1.165) is 51.4 Å². The Labute approximate surface area is 355 Å². The highest BCUT2D eigenvalue weighted by Crippen LogP contribution is 2.16. The first-order chi connectivity index (χ1) is 28.1. The van der Waals surface area contributed by atoms with Crippen LogP contribution in [0.2, 0.25) is 0 Å². The number of carbonyl (C=O) groups excluding carboxylic acids is 1. The lowest BCUT2D eigenvalue weighted by molar-refractivity contribution is -0.124. The van der Waals surface area contributed by atoms with E-state index < -0.39 is 18.2 Å². The molecule has 3 unspecified atom stereocenters. The lowest BCUT2D eigenvalue weighted by Crippen LogP contribution is -2.50. The molecule has 0 aromatic heterocycles. The van der Waals surface area contributed by atoms with Crippen molar-refractivity contribution >= 4 is 5.91 Å². The quantitative estimate of drug-likeness (QED) is 0.0365. The minimum atomic E-state index is -1.16. The summed E-state index contributed by atoms with van der Waals surface area (Å²) in [6.07, 6.45) is 61.6. The molecule has 0 fully saturated rings. The summed E-state index contributed by atoms with van der Waals surface area (Å²) in [7, 11) is 0. The highest BCUT2D eigenvalue weighted by molar-refractivity contribution is 5.76. The van der Waals surface area contributed by atoms with Gasteiger partial charge in [-0.2, -0.15) is 0 Å². The summed E-state index contributed by atoms with van der Waals surface area (Å²) < 4.78 is 0. The summed E-state index contributed by atoms with van der Waals surface area (Å²) >= 11 is 0. The average Bonchev–Trinajstić information content (AvgIpc) is 3.22. The second-order valence-corrected chi connectivity index (χ2v) is 17.0. The van der Waals surface area contributed by atoms with Crippen LogP contribution in [0.3, 0.4) is 0 Å². The van der Waals surface area contributed by atoms with E-state index in [4.69, 9.17) is 0 Å². The van der Waals surface area contributed by atoms with Gasteiger partial charge in [-0.1, -0.05) is 216 Å². The zero-order chi connectivity index (χ0) is 41.5. The highest BCUT2D eigenvalue weighted by Gasteiger charge is 2.26. The van der Waals surface area contributed by atoms with Crippen molar-refractivity contribution in [1.29, 1.82) is 0 Å². The monoisotopic (exact) mass is 800 g/mol. The summed E-state index contributed by atoms with van der Waals surface area (Å²) in [4.78, 5) is 12.4. The second-order valence-electron chi connectivity index (χ2n) is 17.0. The zero-order valence-electron chi connectivity index (χ0n) is 38.0. The van der Waals surface area contributed by atoms with Crippen molar-refractivity contribution in [2.45, 2.75) is 270 Å². The van der Waals surface area contributed by atoms with Gasteiger partial charge in [0.2, 0.25) is 5.91 Å². The van der Waals surface area contributed by atoms with Crippen molar-refractivity contribution in [2.24, 2.45) is 0 Å². The first kappa shape index (κ1) is 55.3. The smallest absolute Gasteiger partial charge is 0.220 e. The molecule has 5 heteroatoms. The number of nitrogens with one attached hydrogen (secondary N) is 1. The minimum Gasteiger partial charge on any atom is -0.394 e. The molecule has 0 radical (unpaired) electrons. The van der Waals surface area contributed by atoms with Crippen molar-refractivity contribution in [1.82, 2.24) is 5.32 Å². The maximum absolute atomic E-state index is 12.4. The van der Waals surface area contributed by atoms with E-state index in [2.05, 4.69) is 54.8 Å². The van der Waals surface area contributed by atoms with Crippen molar-refractivity contribution in [3.05, 3.63) is 48.6 Å². The molecule has 0 rings (SSSR count). The summed E-state index contributed by atoms with van der Waals surface area (Å²) in [6.45, 7) is 3.93. The number of hydrogen-bond donors (Lipinski definition) is 4. The fraction of sp³-hybridized carbons (Fsp3) is 0.827. The maximum atomic E-state index is 12.4. The van der Waals surface area contributed by atoms with Gasteiger partial charge in [0.25, 0.3) is 0 Å². The number of rotatable bonds is 45.